The van der Waals surface area contributed by atoms with Crippen LogP contribution in [-0.4, -0.2) is 47.0 Å². The van der Waals surface area contributed by atoms with Gasteiger partial charge >= 0.3 is 0 Å². The molecule has 0 unspecified atom stereocenters. The standard InChI is InChI=1S/C12H21N3OS2/c1-4-17-9-10-8-11(16)14-12(13-10)18-7-5-6-15(2)3/h8H,4-7,9H2,1-3H3,(H,13,14,16). The number of aromatic amines is 1. The Balaban J connectivity index is 2.49. The van der Waals surface area contributed by atoms with Crippen molar-refractivity contribution in [1.29, 1.82) is 0 Å². The van der Waals surface area contributed by atoms with Crippen LogP contribution in [0.15, 0.2) is 16.0 Å². The topological polar surface area (TPSA) is 49.0 Å². The second-order valence-corrected chi connectivity index (χ2v) is 6.54. The molecule has 0 saturated carbocycles. The lowest BCUT2D eigenvalue weighted by atomic mass is 10.4. The van der Waals surface area contributed by atoms with E-state index in [-0.39, 0.29) is 5.56 Å². The van der Waals surface area contributed by atoms with E-state index in [4.69, 9.17) is 0 Å². The van der Waals surface area contributed by atoms with Crippen LogP contribution in [0.25, 0.3) is 0 Å². The number of aromatic nitrogens is 2. The van der Waals surface area contributed by atoms with Crippen LogP contribution >= 0.6 is 23.5 Å². The summed E-state index contributed by atoms with van der Waals surface area (Å²) >= 11 is 3.40. The van der Waals surface area contributed by atoms with Gasteiger partial charge in [0.1, 0.15) is 0 Å². The lowest BCUT2D eigenvalue weighted by Crippen LogP contribution is -2.14. The molecule has 1 aromatic rings. The highest BCUT2D eigenvalue weighted by molar-refractivity contribution is 7.99. The highest BCUT2D eigenvalue weighted by Gasteiger charge is 2.02. The van der Waals surface area contributed by atoms with Crippen LogP contribution in [0.2, 0.25) is 0 Å². The zero-order valence-corrected chi connectivity index (χ0v) is 12.9. The van der Waals surface area contributed by atoms with Gasteiger partial charge < -0.3 is 9.88 Å². The average Bonchev–Trinajstić information content (AvgIpc) is 2.31. The Morgan fingerprint density at radius 2 is 2.22 bits per heavy atom. The van der Waals surface area contributed by atoms with Crippen LogP contribution in [0.5, 0.6) is 0 Å². The van der Waals surface area contributed by atoms with Gasteiger partial charge in [0.15, 0.2) is 5.16 Å². The Morgan fingerprint density at radius 3 is 2.89 bits per heavy atom. The van der Waals surface area contributed by atoms with Crippen molar-refractivity contribution in [3.05, 3.63) is 22.1 Å². The third-order valence-electron chi connectivity index (χ3n) is 2.22. The van der Waals surface area contributed by atoms with E-state index in [0.29, 0.717) is 0 Å². The van der Waals surface area contributed by atoms with Crippen LogP contribution < -0.4 is 5.56 Å². The van der Waals surface area contributed by atoms with Crippen molar-refractivity contribution in [3.8, 4) is 0 Å². The number of H-pyrrole nitrogens is 1. The van der Waals surface area contributed by atoms with E-state index in [2.05, 4.69) is 35.9 Å². The molecule has 0 atom stereocenters. The molecule has 0 aromatic carbocycles. The molecule has 1 aromatic heterocycles. The minimum absolute atomic E-state index is 0.0492. The van der Waals surface area contributed by atoms with Crippen molar-refractivity contribution >= 4 is 23.5 Å². The largest absolute Gasteiger partial charge is 0.309 e. The second kappa shape index (κ2) is 8.61. The number of rotatable bonds is 8. The maximum absolute atomic E-state index is 11.5. The minimum atomic E-state index is -0.0492. The maximum atomic E-state index is 11.5. The molecule has 0 aliphatic heterocycles. The van der Waals surface area contributed by atoms with Gasteiger partial charge in [-0.2, -0.15) is 11.8 Å². The van der Waals surface area contributed by atoms with E-state index >= 15 is 0 Å². The second-order valence-electron chi connectivity index (χ2n) is 4.18. The smallest absolute Gasteiger partial charge is 0.251 e. The Morgan fingerprint density at radius 1 is 1.44 bits per heavy atom. The summed E-state index contributed by atoms with van der Waals surface area (Å²) in [4.78, 5) is 20.9. The third kappa shape index (κ3) is 6.47. The van der Waals surface area contributed by atoms with Gasteiger partial charge in [-0.25, -0.2) is 4.98 Å². The van der Waals surface area contributed by atoms with Gasteiger partial charge in [0.2, 0.25) is 0 Å². The Hall–Kier alpha value is -0.460. The summed E-state index contributed by atoms with van der Waals surface area (Å²) in [6.07, 6.45) is 1.09. The zero-order valence-electron chi connectivity index (χ0n) is 11.2. The summed E-state index contributed by atoms with van der Waals surface area (Å²) < 4.78 is 0. The van der Waals surface area contributed by atoms with Gasteiger partial charge in [0, 0.05) is 17.6 Å². The Bertz CT molecular complexity index is 407. The highest BCUT2D eigenvalue weighted by Crippen LogP contribution is 2.14. The average molecular weight is 287 g/mol. The van der Waals surface area contributed by atoms with E-state index in [9.17, 15) is 4.79 Å². The van der Waals surface area contributed by atoms with E-state index in [1.807, 2.05) is 0 Å². The zero-order chi connectivity index (χ0) is 13.4. The van der Waals surface area contributed by atoms with Gasteiger partial charge in [-0.3, -0.25) is 4.79 Å². The van der Waals surface area contributed by atoms with Gasteiger partial charge in [-0.05, 0) is 32.8 Å². The molecule has 0 fully saturated rings. The number of nitrogens with one attached hydrogen (secondary N) is 1. The Labute approximate surface area is 117 Å². The van der Waals surface area contributed by atoms with E-state index in [1.165, 1.54) is 0 Å². The summed E-state index contributed by atoms with van der Waals surface area (Å²) in [5, 5.41) is 0.743. The molecule has 0 amide bonds. The van der Waals surface area contributed by atoms with Crippen molar-refractivity contribution in [2.45, 2.75) is 24.3 Å². The number of hydrogen-bond donors (Lipinski definition) is 1. The maximum Gasteiger partial charge on any atom is 0.251 e. The molecule has 0 bridgehead atoms. The summed E-state index contributed by atoms with van der Waals surface area (Å²) in [5.74, 6) is 2.83. The molecule has 1 rings (SSSR count). The summed E-state index contributed by atoms with van der Waals surface area (Å²) in [5.41, 5.74) is 0.826. The monoisotopic (exact) mass is 287 g/mol. The van der Waals surface area contributed by atoms with Crippen molar-refractivity contribution in [2.24, 2.45) is 0 Å². The predicted octanol–water partition coefficient (Wildman–Crippen LogP) is 2.07. The molecule has 18 heavy (non-hydrogen) atoms. The third-order valence-corrected chi connectivity index (χ3v) is 4.08. The number of thioether (sulfide) groups is 2. The normalized spacial score (nSPS) is 11.1. The molecule has 102 valence electrons. The van der Waals surface area contributed by atoms with Crippen molar-refractivity contribution in [1.82, 2.24) is 14.9 Å². The molecule has 0 spiro atoms. The van der Waals surface area contributed by atoms with Crippen molar-refractivity contribution in [2.75, 3.05) is 32.1 Å². The van der Waals surface area contributed by atoms with Crippen LogP contribution in [0.1, 0.15) is 19.0 Å². The summed E-state index contributed by atoms with van der Waals surface area (Å²) in [6, 6.07) is 1.59. The van der Waals surface area contributed by atoms with Crippen LogP contribution in [-0.2, 0) is 5.75 Å². The molecule has 1 N–H and O–H groups in total. The molecule has 6 heteroatoms. The SMILES string of the molecule is CCSCc1cc(=O)[nH]c(SCCCN(C)C)n1. The molecule has 4 nitrogen and oxygen atoms in total. The van der Waals surface area contributed by atoms with Gasteiger partial charge in [-0.1, -0.05) is 18.7 Å². The Kier molecular flexibility index (Phi) is 7.46. The molecule has 0 aliphatic carbocycles. The number of hydrogen-bond acceptors (Lipinski definition) is 5. The first-order valence-electron chi connectivity index (χ1n) is 6.07. The van der Waals surface area contributed by atoms with Crippen molar-refractivity contribution < 1.29 is 0 Å². The van der Waals surface area contributed by atoms with Crippen molar-refractivity contribution in [3.63, 3.8) is 0 Å². The lowest BCUT2D eigenvalue weighted by Gasteiger charge is -2.08. The quantitative estimate of drug-likeness (QED) is 0.450. The lowest BCUT2D eigenvalue weighted by molar-refractivity contribution is 0.410. The van der Waals surface area contributed by atoms with E-state index in [1.54, 1.807) is 29.6 Å². The first-order valence-corrected chi connectivity index (χ1v) is 8.21. The van der Waals surface area contributed by atoms with Crippen LogP contribution in [0.3, 0.4) is 0 Å². The van der Waals surface area contributed by atoms with E-state index in [0.717, 1.165) is 41.1 Å². The summed E-state index contributed by atoms with van der Waals surface area (Å²) in [6.45, 7) is 3.16. The van der Waals surface area contributed by atoms with E-state index < -0.39 is 0 Å². The number of nitrogens with zero attached hydrogens (tertiary/aromatic N) is 2. The minimum Gasteiger partial charge on any atom is -0.309 e. The molecular formula is C12H21N3OS2. The molecule has 0 radical (unpaired) electrons. The molecule has 0 saturated heterocycles. The fourth-order valence-electron chi connectivity index (χ4n) is 1.38. The molecule has 0 aliphatic rings. The van der Waals surface area contributed by atoms with Crippen LogP contribution in [0, 0.1) is 0 Å². The first kappa shape index (κ1) is 15.6. The fourth-order valence-corrected chi connectivity index (χ4v) is 2.76. The summed E-state index contributed by atoms with van der Waals surface area (Å²) in [7, 11) is 4.13. The molecule has 1 heterocycles. The van der Waals surface area contributed by atoms with Gasteiger partial charge in [0.05, 0.1) is 5.69 Å². The van der Waals surface area contributed by atoms with Crippen LogP contribution in [0.4, 0.5) is 0 Å². The fraction of sp³-hybridized carbons (Fsp3) is 0.667. The predicted molar refractivity (Wildman–Crippen MR) is 80.6 cm³/mol. The molecular weight excluding hydrogens is 266 g/mol. The highest BCUT2D eigenvalue weighted by atomic mass is 32.2. The van der Waals surface area contributed by atoms with Gasteiger partial charge in [-0.15, -0.1) is 0 Å². The van der Waals surface area contributed by atoms with Gasteiger partial charge in [0.25, 0.3) is 5.56 Å². The first-order chi connectivity index (χ1) is 8.61.